The highest BCUT2D eigenvalue weighted by atomic mass is 35.5. The van der Waals surface area contributed by atoms with Gasteiger partial charge in [0.1, 0.15) is 11.0 Å². The zero-order valence-electron chi connectivity index (χ0n) is 10.8. The van der Waals surface area contributed by atoms with Crippen molar-refractivity contribution in [1.29, 1.82) is 0 Å². The normalized spacial score (nSPS) is 10.3. The predicted octanol–water partition coefficient (Wildman–Crippen LogP) is 2.89. The molecule has 0 aliphatic rings. The highest BCUT2D eigenvalue weighted by molar-refractivity contribution is 6.29. The van der Waals surface area contributed by atoms with Crippen molar-refractivity contribution in [2.75, 3.05) is 5.32 Å². The number of halogens is 2. The van der Waals surface area contributed by atoms with Crippen LogP contribution in [0.2, 0.25) is 5.15 Å². The van der Waals surface area contributed by atoms with Gasteiger partial charge < -0.3 is 11.1 Å². The maximum atomic E-state index is 13.4. The standard InChI is InChI=1S/C14H13ClFN3O/c1-8-9(3-2-4-11(8)16)6-18-12-5-13(15)19-7-10(12)14(17)20/h2-5,7H,6H2,1H3,(H2,17,20)(H,18,19). The van der Waals surface area contributed by atoms with Crippen LogP contribution in [0.4, 0.5) is 10.1 Å². The summed E-state index contributed by atoms with van der Waals surface area (Å²) >= 11 is 5.80. The van der Waals surface area contributed by atoms with Gasteiger partial charge in [-0.15, -0.1) is 0 Å². The van der Waals surface area contributed by atoms with Crippen LogP contribution in [0.15, 0.2) is 30.5 Å². The second-order valence-corrected chi connectivity index (χ2v) is 4.68. The Balaban J connectivity index is 2.24. The van der Waals surface area contributed by atoms with E-state index in [1.807, 2.05) is 0 Å². The van der Waals surface area contributed by atoms with E-state index in [4.69, 9.17) is 17.3 Å². The monoisotopic (exact) mass is 293 g/mol. The number of anilines is 1. The number of carbonyl (C=O) groups is 1. The molecule has 2 aromatic rings. The number of carbonyl (C=O) groups excluding carboxylic acids is 1. The Labute approximate surface area is 120 Å². The molecule has 2 rings (SSSR count). The van der Waals surface area contributed by atoms with Crippen molar-refractivity contribution in [2.45, 2.75) is 13.5 Å². The summed E-state index contributed by atoms with van der Waals surface area (Å²) in [6.45, 7) is 2.05. The lowest BCUT2D eigenvalue weighted by molar-refractivity contribution is 0.100. The van der Waals surface area contributed by atoms with E-state index in [2.05, 4.69) is 10.3 Å². The van der Waals surface area contributed by atoms with Gasteiger partial charge in [-0.2, -0.15) is 0 Å². The van der Waals surface area contributed by atoms with Gasteiger partial charge in [-0.3, -0.25) is 4.79 Å². The summed E-state index contributed by atoms with van der Waals surface area (Å²) in [6.07, 6.45) is 1.31. The van der Waals surface area contributed by atoms with E-state index in [0.29, 0.717) is 17.8 Å². The molecule has 1 aromatic carbocycles. The molecule has 0 radical (unpaired) electrons. The summed E-state index contributed by atoms with van der Waals surface area (Å²) < 4.78 is 13.4. The van der Waals surface area contributed by atoms with Crippen molar-refractivity contribution >= 4 is 23.2 Å². The third-order valence-electron chi connectivity index (χ3n) is 2.99. The molecule has 1 amide bonds. The number of nitrogens with zero attached hydrogens (tertiary/aromatic N) is 1. The Morgan fingerprint density at radius 3 is 2.95 bits per heavy atom. The average Bonchev–Trinajstić information content (AvgIpc) is 2.40. The number of amides is 1. The van der Waals surface area contributed by atoms with Crippen molar-refractivity contribution < 1.29 is 9.18 Å². The number of nitrogens with one attached hydrogen (secondary N) is 1. The first-order chi connectivity index (χ1) is 9.49. The highest BCUT2D eigenvalue weighted by Gasteiger charge is 2.10. The molecule has 6 heteroatoms. The Hall–Kier alpha value is -2.14. The highest BCUT2D eigenvalue weighted by Crippen LogP contribution is 2.20. The van der Waals surface area contributed by atoms with E-state index in [-0.39, 0.29) is 16.5 Å². The minimum absolute atomic E-state index is 0.239. The summed E-state index contributed by atoms with van der Waals surface area (Å²) in [7, 11) is 0. The van der Waals surface area contributed by atoms with E-state index in [1.165, 1.54) is 18.3 Å². The summed E-state index contributed by atoms with van der Waals surface area (Å²) in [6, 6.07) is 6.35. The molecule has 0 fully saturated rings. The molecule has 0 unspecified atom stereocenters. The van der Waals surface area contributed by atoms with Crippen molar-refractivity contribution in [1.82, 2.24) is 4.98 Å². The van der Waals surface area contributed by atoms with E-state index < -0.39 is 5.91 Å². The minimum Gasteiger partial charge on any atom is -0.380 e. The lowest BCUT2D eigenvalue weighted by Gasteiger charge is -2.12. The number of pyridine rings is 1. The van der Waals surface area contributed by atoms with Gasteiger partial charge in [-0.25, -0.2) is 9.37 Å². The average molecular weight is 294 g/mol. The van der Waals surface area contributed by atoms with Gasteiger partial charge in [0.05, 0.1) is 11.3 Å². The fraction of sp³-hybridized carbons (Fsp3) is 0.143. The summed E-state index contributed by atoms with van der Waals surface area (Å²) in [5.41, 5.74) is 7.32. The molecule has 0 aliphatic heterocycles. The van der Waals surface area contributed by atoms with Crippen LogP contribution in [0.25, 0.3) is 0 Å². The molecule has 3 N–H and O–H groups in total. The Bertz CT molecular complexity index is 661. The van der Waals surface area contributed by atoms with Crippen LogP contribution >= 0.6 is 11.6 Å². The molecule has 0 aliphatic carbocycles. The first kappa shape index (κ1) is 14.3. The van der Waals surface area contributed by atoms with Crippen molar-refractivity contribution in [3.8, 4) is 0 Å². The van der Waals surface area contributed by atoms with E-state index in [1.54, 1.807) is 19.1 Å². The number of primary amides is 1. The second kappa shape index (κ2) is 5.88. The Morgan fingerprint density at radius 1 is 1.50 bits per heavy atom. The second-order valence-electron chi connectivity index (χ2n) is 4.29. The quantitative estimate of drug-likeness (QED) is 0.852. The molecule has 1 heterocycles. The van der Waals surface area contributed by atoms with Crippen LogP contribution in [0.3, 0.4) is 0 Å². The molecule has 20 heavy (non-hydrogen) atoms. The van der Waals surface area contributed by atoms with Crippen LogP contribution in [0.5, 0.6) is 0 Å². The van der Waals surface area contributed by atoms with E-state index >= 15 is 0 Å². The molecule has 0 bridgehead atoms. The number of rotatable bonds is 4. The molecule has 0 atom stereocenters. The Morgan fingerprint density at radius 2 is 2.25 bits per heavy atom. The van der Waals surface area contributed by atoms with Gasteiger partial charge in [0.25, 0.3) is 5.91 Å². The van der Waals surface area contributed by atoms with Gasteiger partial charge in [0.2, 0.25) is 0 Å². The number of nitrogens with two attached hydrogens (primary N) is 1. The zero-order chi connectivity index (χ0) is 14.7. The largest absolute Gasteiger partial charge is 0.380 e. The Kier molecular flexibility index (Phi) is 4.20. The minimum atomic E-state index is -0.604. The van der Waals surface area contributed by atoms with Gasteiger partial charge in [0.15, 0.2) is 0 Å². The molecule has 0 spiro atoms. The number of hydrogen-bond donors (Lipinski definition) is 2. The molecular formula is C14H13ClFN3O. The van der Waals surface area contributed by atoms with Crippen molar-refractivity contribution in [2.24, 2.45) is 5.73 Å². The third-order valence-corrected chi connectivity index (χ3v) is 3.19. The van der Waals surface area contributed by atoms with Crippen LogP contribution in [0.1, 0.15) is 21.5 Å². The number of hydrogen-bond acceptors (Lipinski definition) is 3. The number of aromatic nitrogens is 1. The zero-order valence-corrected chi connectivity index (χ0v) is 11.5. The SMILES string of the molecule is Cc1c(F)cccc1CNc1cc(Cl)ncc1C(N)=O. The maximum absolute atomic E-state index is 13.4. The van der Waals surface area contributed by atoms with Crippen LogP contribution in [-0.2, 0) is 6.54 Å². The summed E-state index contributed by atoms with van der Waals surface area (Å²) in [5, 5.41) is 3.27. The van der Waals surface area contributed by atoms with Gasteiger partial charge >= 0.3 is 0 Å². The van der Waals surface area contributed by atoms with Crippen molar-refractivity contribution in [3.63, 3.8) is 0 Å². The van der Waals surface area contributed by atoms with Crippen molar-refractivity contribution in [3.05, 3.63) is 58.1 Å². The first-order valence-corrected chi connectivity index (χ1v) is 6.30. The molecule has 4 nitrogen and oxygen atoms in total. The molecule has 0 saturated heterocycles. The van der Waals surface area contributed by atoms with E-state index in [9.17, 15) is 9.18 Å². The number of benzene rings is 1. The summed E-state index contributed by atoms with van der Waals surface area (Å²) in [4.78, 5) is 15.1. The van der Waals surface area contributed by atoms with Gasteiger partial charge in [-0.1, -0.05) is 23.7 Å². The first-order valence-electron chi connectivity index (χ1n) is 5.92. The fourth-order valence-electron chi connectivity index (χ4n) is 1.81. The lowest BCUT2D eigenvalue weighted by Crippen LogP contribution is -2.15. The lowest BCUT2D eigenvalue weighted by atomic mass is 10.1. The molecule has 0 saturated carbocycles. The molecular weight excluding hydrogens is 281 g/mol. The summed E-state index contributed by atoms with van der Waals surface area (Å²) in [5.74, 6) is -0.875. The topological polar surface area (TPSA) is 68.0 Å². The molecule has 104 valence electrons. The molecule has 1 aromatic heterocycles. The van der Waals surface area contributed by atoms with Gasteiger partial charge in [0, 0.05) is 12.7 Å². The van der Waals surface area contributed by atoms with Crippen LogP contribution in [0, 0.1) is 12.7 Å². The van der Waals surface area contributed by atoms with Crippen LogP contribution in [-0.4, -0.2) is 10.9 Å². The third kappa shape index (κ3) is 3.05. The predicted molar refractivity (Wildman–Crippen MR) is 76.2 cm³/mol. The van der Waals surface area contributed by atoms with Gasteiger partial charge in [-0.05, 0) is 30.2 Å². The van der Waals surface area contributed by atoms with E-state index in [0.717, 1.165) is 5.56 Å². The maximum Gasteiger partial charge on any atom is 0.252 e. The van der Waals surface area contributed by atoms with Crippen LogP contribution < -0.4 is 11.1 Å². The fourth-order valence-corrected chi connectivity index (χ4v) is 1.96. The smallest absolute Gasteiger partial charge is 0.252 e.